The highest BCUT2D eigenvalue weighted by molar-refractivity contribution is 7.18. The van der Waals surface area contributed by atoms with Crippen molar-refractivity contribution in [2.75, 3.05) is 11.9 Å². The van der Waals surface area contributed by atoms with Gasteiger partial charge in [-0.15, -0.1) is 11.3 Å². The van der Waals surface area contributed by atoms with Gasteiger partial charge in [0.2, 0.25) is 0 Å². The summed E-state index contributed by atoms with van der Waals surface area (Å²) < 4.78 is 0. The number of amides is 2. The van der Waals surface area contributed by atoms with Gasteiger partial charge in [0.1, 0.15) is 9.75 Å². The van der Waals surface area contributed by atoms with E-state index < -0.39 is 0 Å². The molecule has 8 heteroatoms. The molecule has 0 bridgehead atoms. The minimum absolute atomic E-state index is 0.106. The zero-order valence-corrected chi connectivity index (χ0v) is 13.3. The summed E-state index contributed by atoms with van der Waals surface area (Å²) in [5.41, 5.74) is 1.48. The number of carbonyl (C=O) groups excluding carboxylic acids is 2. The van der Waals surface area contributed by atoms with Crippen LogP contribution in [0, 0.1) is 13.8 Å². The largest absolute Gasteiger partial charge is 0.351 e. The molecule has 3 rings (SSSR count). The Labute approximate surface area is 129 Å². The second kappa shape index (κ2) is 5.53. The number of thiazole rings is 2. The van der Waals surface area contributed by atoms with Gasteiger partial charge in [-0.2, -0.15) is 0 Å². The molecule has 1 aliphatic rings. The van der Waals surface area contributed by atoms with Crippen LogP contribution >= 0.6 is 22.7 Å². The van der Waals surface area contributed by atoms with E-state index in [9.17, 15) is 9.59 Å². The van der Waals surface area contributed by atoms with E-state index in [2.05, 4.69) is 20.6 Å². The van der Waals surface area contributed by atoms with Gasteiger partial charge in [0.15, 0.2) is 5.13 Å². The van der Waals surface area contributed by atoms with Crippen molar-refractivity contribution in [3.63, 3.8) is 0 Å². The predicted octanol–water partition coefficient (Wildman–Crippen LogP) is 2.14. The number of fused-ring (bicyclic) bond motifs is 1. The third kappa shape index (κ3) is 2.81. The highest BCUT2D eigenvalue weighted by Crippen LogP contribution is 2.27. The van der Waals surface area contributed by atoms with E-state index in [4.69, 9.17) is 0 Å². The minimum atomic E-state index is -0.220. The van der Waals surface area contributed by atoms with Crippen LogP contribution in [0.25, 0.3) is 0 Å². The quantitative estimate of drug-likeness (QED) is 0.887. The molecule has 3 heterocycles. The summed E-state index contributed by atoms with van der Waals surface area (Å²) >= 11 is 2.58. The van der Waals surface area contributed by atoms with E-state index in [0.717, 1.165) is 23.5 Å². The Balaban J connectivity index is 1.83. The van der Waals surface area contributed by atoms with Crippen LogP contribution in [0.2, 0.25) is 0 Å². The first-order valence-electron chi connectivity index (χ1n) is 6.58. The monoisotopic (exact) mass is 322 g/mol. The Morgan fingerprint density at radius 2 is 2.10 bits per heavy atom. The summed E-state index contributed by atoms with van der Waals surface area (Å²) in [5.74, 6) is -0.326. The van der Waals surface area contributed by atoms with Crippen LogP contribution in [0.5, 0.6) is 0 Å². The number of aromatic nitrogens is 2. The lowest BCUT2D eigenvalue weighted by Gasteiger charge is -2.00. The molecule has 0 unspecified atom stereocenters. The fourth-order valence-electron chi connectivity index (χ4n) is 2.19. The number of nitrogens with zero attached hydrogens (tertiary/aromatic N) is 2. The lowest BCUT2D eigenvalue weighted by molar-refractivity contribution is 0.0958. The molecule has 110 valence electrons. The van der Waals surface area contributed by atoms with Crippen molar-refractivity contribution < 1.29 is 9.59 Å². The van der Waals surface area contributed by atoms with Gasteiger partial charge in [-0.3, -0.25) is 14.9 Å². The number of hydrogen-bond donors (Lipinski definition) is 2. The first-order valence-corrected chi connectivity index (χ1v) is 8.21. The zero-order chi connectivity index (χ0) is 15.0. The molecule has 2 aromatic heterocycles. The summed E-state index contributed by atoms with van der Waals surface area (Å²) in [4.78, 5) is 33.9. The van der Waals surface area contributed by atoms with Crippen LogP contribution in [0.4, 0.5) is 5.13 Å². The van der Waals surface area contributed by atoms with Crippen LogP contribution < -0.4 is 10.6 Å². The molecule has 0 aliphatic carbocycles. The first kappa shape index (κ1) is 14.2. The molecule has 0 saturated carbocycles. The topological polar surface area (TPSA) is 84.0 Å². The molecule has 2 amide bonds. The molecule has 21 heavy (non-hydrogen) atoms. The highest BCUT2D eigenvalue weighted by Gasteiger charge is 2.22. The van der Waals surface area contributed by atoms with Crippen molar-refractivity contribution in [2.45, 2.75) is 26.7 Å². The second-order valence-electron chi connectivity index (χ2n) is 4.76. The van der Waals surface area contributed by atoms with Gasteiger partial charge >= 0.3 is 0 Å². The van der Waals surface area contributed by atoms with E-state index >= 15 is 0 Å². The van der Waals surface area contributed by atoms with Crippen molar-refractivity contribution in [2.24, 2.45) is 0 Å². The predicted molar refractivity (Wildman–Crippen MR) is 82.3 cm³/mol. The van der Waals surface area contributed by atoms with Crippen LogP contribution in [0.3, 0.4) is 0 Å². The van der Waals surface area contributed by atoms with Crippen molar-refractivity contribution in [3.05, 3.63) is 26.1 Å². The second-order valence-corrected chi connectivity index (χ2v) is 6.96. The van der Waals surface area contributed by atoms with Crippen molar-refractivity contribution in [1.82, 2.24) is 15.3 Å². The fourth-order valence-corrected chi connectivity index (χ4v) is 3.92. The van der Waals surface area contributed by atoms with Crippen LogP contribution in [0.1, 0.15) is 42.2 Å². The van der Waals surface area contributed by atoms with E-state index in [1.165, 1.54) is 22.7 Å². The van der Waals surface area contributed by atoms with E-state index in [0.29, 0.717) is 27.1 Å². The summed E-state index contributed by atoms with van der Waals surface area (Å²) in [5, 5.41) is 6.91. The van der Waals surface area contributed by atoms with Crippen LogP contribution in [-0.2, 0) is 6.42 Å². The van der Waals surface area contributed by atoms with E-state index in [-0.39, 0.29) is 11.8 Å². The number of carbonyl (C=O) groups is 2. The Bertz CT molecular complexity index is 720. The lowest BCUT2D eigenvalue weighted by atomic mass is 10.2. The van der Waals surface area contributed by atoms with Crippen molar-refractivity contribution >= 4 is 39.6 Å². The van der Waals surface area contributed by atoms with Gasteiger partial charge in [-0.05, 0) is 26.7 Å². The number of aryl methyl sites for hydroxylation is 3. The maximum absolute atomic E-state index is 12.2. The standard InChI is InChI=1S/C13H14N4O2S2/c1-6-9(20-7(2)15-6)12(19)17-13-16-8-4-3-5-14-11(18)10(8)21-13/h3-5H2,1-2H3,(H,14,18)(H,16,17,19). The van der Waals surface area contributed by atoms with Gasteiger partial charge in [0.05, 0.1) is 16.4 Å². The number of hydrogen-bond acceptors (Lipinski definition) is 6. The average molecular weight is 322 g/mol. The van der Waals surface area contributed by atoms with Crippen molar-refractivity contribution in [3.8, 4) is 0 Å². The minimum Gasteiger partial charge on any atom is -0.351 e. The third-order valence-corrected chi connectivity index (χ3v) is 5.19. The van der Waals surface area contributed by atoms with Gasteiger partial charge in [0.25, 0.3) is 11.8 Å². The van der Waals surface area contributed by atoms with Crippen LogP contribution in [-0.4, -0.2) is 28.3 Å². The van der Waals surface area contributed by atoms with Gasteiger partial charge in [0, 0.05) is 6.54 Å². The molecule has 0 aromatic carbocycles. The normalized spacial score (nSPS) is 14.3. The van der Waals surface area contributed by atoms with Gasteiger partial charge in [-0.25, -0.2) is 9.97 Å². The Hall–Kier alpha value is -1.80. The molecule has 0 atom stereocenters. The molecule has 6 nitrogen and oxygen atoms in total. The number of anilines is 1. The molecule has 0 spiro atoms. The fraction of sp³-hybridized carbons (Fsp3) is 0.385. The third-order valence-electron chi connectivity index (χ3n) is 3.11. The molecule has 1 aliphatic heterocycles. The molecule has 0 radical (unpaired) electrons. The molecule has 0 fully saturated rings. The van der Waals surface area contributed by atoms with E-state index in [1.807, 2.05) is 13.8 Å². The van der Waals surface area contributed by atoms with E-state index in [1.54, 1.807) is 0 Å². The lowest BCUT2D eigenvalue weighted by Crippen LogP contribution is -2.21. The maximum Gasteiger partial charge on any atom is 0.269 e. The molecule has 2 aromatic rings. The maximum atomic E-state index is 12.2. The Morgan fingerprint density at radius 3 is 2.81 bits per heavy atom. The van der Waals surface area contributed by atoms with Crippen molar-refractivity contribution in [1.29, 1.82) is 0 Å². The number of rotatable bonds is 2. The van der Waals surface area contributed by atoms with Gasteiger partial charge < -0.3 is 5.32 Å². The first-order chi connectivity index (χ1) is 10.0. The molecular weight excluding hydrogens is 308 g/mol. The van der Waals surface area contributed by atoms with Gasteiger partial charge in [-0.1, -0.05) is 11.3 Å². The SMILES string of the molecule is Cc1nc(C)c(C(=O)Nc2nc3c(s2)C(=O)NCCC3)s1. The molecule has 0 saturated heterocycles. The number of nitrogens with one attached hydrogen (secondary N) is 2. The summed E-state index contributed by atoms with van der Waals surface area (Å²) in [6.45, 7) is 4.34. The zero-order valence-electron chi connectivity index (χ0n) is 11.6. The molecule has 2 N–H and O–H groups in total. The summed E-state index contributed by atoms with van der Waals surface area (Å²) in [6, 6.07) is 0. The summed E-state index contributed by atoms with van der Waals surface area (Å²) in [7, 11) is 0. The molecular formula is C13H14N4O2S2. The smallest absolute Gasteiger partial charge is 0.269 e. The Morgan fingerprint density at radius 1 is 1.29 bits per heavy atom. The summed E-state index contributed by atoms with van der Waals surface area (Å²) in [6.07, 6.45) is 1.61. The van der Waals surface area contributed by atoms with Crippen LogP contribution in [0.15, 0.2) is 0 Å². The Kier molecular flexibility index (Phi) is 3.73. The average Bonchev–Trinajstić information content (AvgIpc) is 2.93. The highest BCUT2D eigenvalue weighted by atomic mass is 32.1.